The lowest BCUT2D eigenvalue weighted by Crippen LogP contribution is -2.22. The zero-order valence-electron chi connectivity index (χ0n) is 13.4. The molecule has 3 aromatic rings. The summed E-state index contributed by atoms with van der Waals surface area (Å²) in [6.45, 7) is 0. The van der Waals surface area contributed by atoms with Crippen molar-refractivity contribution in [2.45, 2.75) is 6.42 Å². The number of nitro benzene ring substituents is 1. The van der Waals surface area contributed by atoms with Crippen LogP contribution in [-0.4, -0.2) is 27.2 Å². The van der Waals surface area contributed by atoms with Crippen LogP contribution in [0.5, 0.6) is 0 Å². The van der Waals surface area contributed by atoms with Gasteiger partial charge in [0, 0.05) is 17.5 Å². The molecule has 0 unspecified atom stereocenters. The van der Waals surface area contributed by atoms with E-state index in [4.69, 9.17) is 0 Å². The molecule has 0 aliphatic carbocycles. The number of rotatable bonds is 5. The van der Waals surface area contributed by atoms with Gasteiger partial charge in [0.25, 0.3) is 11.2 Å². The van der Waals surface area contributed by atoms with Crippen LogP contribution >= 0.6 is 0 Å². The van der Waals surface area contributed by atoms with Gasteiger partial charge in [0.1, 0.15) is 0 Å². The Labute approximate surface area is 146 Å². The average Bonchev–Trinajstić information content (AvgIpc) is 2.65. The van der Waals surface area contributed by atoms with E-state index in [0.717, 1.165) is 0 Å². The average molecular weight is 351 g/mol. The molecule has 3 rings (SSSR count). The molecule has 9 heteroatoms. The first-order valence-corrected chi connectivity index (χ1v) is 7.57. The quantitative estimate of drug-likeness (QED) is 0.409. The summed E-state index contributed by atoms with van der Waals surface area (Å²) >= 11 is 0. The van der Waals surface area contributed by atoms with E-state index in [-0.39, 0.29) is 17.7 Å². The Balaban J connectivity index is 1.67. The van der Waals surface area contributed by atoms with Crippen molar-refractivity contribution in [2.75, 3.05) is 0 Å². The highest BCUT2D eigenvalue weighted by molar-refractivity contribution is 5.89. The maximum atomic E-state index is 12.0. The van der Waals surface area contributed by atoms with E-state index in [0.29, 0.717) is 22.0 Å². The van der Waals surface area contributed by atoms with Crippen LogP contribution in [0.4, 0.5) is 5.69 Å². The zero-order chi connectivity index (χ0) is 18.5. The molecule has 0 spiro atoms. The van der Waals surface area contributed by atoms with E-state index in [1.54, 1.807) is 24.3 Å². The fourth-order valence-corrected chi connectivity index (χ4v) is 2.36. The molecule has 0 fully saturated rings. The largest absolute Gasteiger partial charge is 0.273 e. The van der Waals surface area contributed by atoms with Gasteiger partial charge in [-0.2, -0.15) is 10.2 Å². The summed E-state index contributed by atoms with van der Waals surface area (Å²) in [5.74, 6) is -0.409. The number of hydrogen-bond acceptors (Lipinski definition) is 6. The maximum Gasteiger partial charge on any atom is 0.272 e. The van der Waals surface area contributed by atoms with Crippen molar-refractivity contribution in [3.05, 3.63) is 80.3 Å². The molecule has 0 aliphatic heterocycles. The maximum absolute atomic E-state index is 12.0. The van der Waals surface area contributed by atoms with E-state index < -0.39 is 10.8 Å². The summed E-state index contributed by atoms with van der Waals surface area (Å²) in [4.78, 5) is 33.9. The molecule has 2 aromatic carbocycles. The standard InChI is InChI=1S/C17H13N5O4/c23-16(20-18-10-11-5-7-12(8-6-11)22(25)26)9-15-13-3-1-2-4-14(13)17(24)21-19-15/h1-8,10H,9H2,(H,20,23)(H,21,24)/b18-10+. The van der Waals surface area contributed by atoms with Crippen molar-refractivity contribution < 1.29 is 9.72 Å². The third-order valence-electron chi connectivity index (χ3n) is 3.61. The minimum Gasteiger partial charge on any atom is -0.273 e. The van der Waals surface area contributed by atoms with Crippen LogP contribution in [0.2, 0.25) is 0 Å². The van der Waals surface area contributed by atoms with Gasteiger partial charge in [-0.15, -0.1) is 0 Å². The number of fused-ring (bicyclic) bond motifs is 1. The van der Waals surface area contributed by atoms with Crippen molar-refractivity contribution in [1.82, 2.24) is 15.6 Å². The highest BCUT2D eigenvalue weighted by atomic mass is 16.6. The van der Waals surface area contributed by atoms with Gasteiger partial charge in [0.05, 0.1) is 28.6 Å². The van der Waals surface area contributed by atoms with Crippen LogP contribution in [0, 0.1) is 10.1 Å². The molecule has 0 saturated heterocycles. The van der Waals surface area contributed by atoms with Gasteiger partial charge in [-0.1, -0.05) is 18.2 Å². The van der Waals surface area contributed by atoms with Crippen molar-refractivity contribution >= 4 is 28.6 Å². The van der Waals surface area contributed by atoms with Crippen LogP contribution in [0.15, 0.2) is 58.4 Å². The number of benzene rings is 2. The number of carbonyl (C=O) groups excluding carboxylic acids is 1. The third kappa shape index (κ3) is 3.78. The summed E-state index contributed by atoms with van der Waals surface area (Å²) in [6, 6.07) is 12.6. The van der Waals surface area contributed by atoms with Gasteiger partial charge < -0.3 is 0 Å². The first-order chi connectivity index (χ1) is 12.5. The molecule has 9 nitrogen and oxygen atoms in total. The number of H-pyrrole nitrogens is 1. The zero-order valence-corrected chi connectivity index (χ0v) is 13.4. The lowest BCUT2D eigenvalue weighted by Gasteiger charge is -2.03. The molecule has 1 aromatic heterocycles. The summed E-state index contributed by atoms with van der Waals surface area (Å²) in [6.07, 6.45) is 1.31. The van der Waals surface area contributed by atoms with Gasteiger partial charge in [-0.25, -0.2) is 10.5 Å². The molecule has 0 atom stereocenters. The SMILES string of the molecule is O=C(Cc1n[nH]c(=O)c2ccccc12)N/N=C/c1ccc([N+](=O)[O-])cc1. The van der Waals surface area contributed by atoms with Gasteiger partial charge in [-0.05, 0) is 23.8 Å². The van der Waals surface area contributed by atoms with Crippen molar-refractivity contribution in [1.29, 1.82) is 0 Å². The summed E-state index contributed by atoms with van der Waals surface area (Å²) < 4.78 is 0. The molecule has 0 aliphatic rings. The van der Waals surface area contributed by atoms with Crippen LogP contribution in [0.1, 0.15) is 11.3 Å². The fourth-order valence-electron chi connectivity index (χ4n) is 2.36. The second-order valence-electron chi connectivity index (χ2n) is 5.36. The summed E-state index contributed by atoms with van der Waals surface area (Å²) in [7, 11) is 0. The van der Waals surface area contributed by atoms with Crippen LogP contribution in [0.25, 0.3) is 10.8 Å². The Morgan fingerprint density at radius 1 is 1.19 bits per heavy atom. The lowest BCUT2D eigenvalue weighted by atomic mass is 10.1. The van der Waals surface area contributed by atoms with Crippen LogP contribution in [0.3, 0.4) is 0 Å². The Kier molecular flexibility index (Phi) is 4.79. The topological polar surface area (TPSA) is 130 Å². The van der Waals surface area contributed by atoms with E-state index >= 15 is 0 Å². The Bertz CT molecular complexity index is 1060. The number of hydrazone groups is 1. The van der Waals surface area contributed by atoms with Crippen molar-refractivity contribution in [2.24, 2.45) is 5.10 Å². The highest BCUT2D eigenvalue weighted by Gasteiger charge is 2.10. The molecule has 130 valence electrons. The van der Waals surface area contributed by atoms with Crippen molar-refractivity contribution in [3.8, 4) is 0 Å². The number of nitrogens with zero attached hydrogens (tertiary/aromatic N) is 3. The number of carbonyl (C=O) groups is 1. The number of nitrogens with one attached hydrogen (secondary N) is 2. The van der Waals surface area contributed by atoms with Crippen molar-refractivity contribution in [3.63, 3.8) is 0 Å². The third-order valence-corrected chi connectivity index (χ3v) is 3.61. The minimum absolute atomic E-state index is 0.0257. The normalized spacial score (nSPS) is 10.9. The number of nitro groups is 1. The minimum atomic E-state index is -0.496. The molecule has 2 N–H and O–H groups in total. The Hall–Kier alpha value is -3.88. The molecule has 1 amide bonds. The molecule has 26 heavy (non-hydrogen) atoms. The highest BCUT2D eigenvalue weighted by Crippen LogP contribution is 2.13. The first-order valence-electron chi connectivity index (χ1n) is 7.57. The summed E-state index contributed by atoms with van der Waals surface area (Å²) in [5.41, 5.74) is 3.05. The second-order valence-corrected chi connectivity index (χ2v) is 5.36. The molecule has 0 saturated carbocycles. The number of aromatic amines is 1. The van der Waals surface area contributed by atoms with Crippen LogP contribution < -0.4 is 11.0 Å². The number of non-ortho nitro benzene ring substituents is 1. The van der Waals surface area contributed by atoms with Gasteiger partial charge in [-0.3, -0.25) is 19.7 Å². The molecule has 0 radical (unpaired) electrons. The molecule has 0 bridgehead atoms. The van der Waals surface area contributed by atoms with E-state index in [9.17, 15) is 19.7 Å². The van der Waals surface area contributed by atoms with Crippen LogP contribution in [-0.2, 0) is 11.2 Å². The lowest BCUT2D eigenvalue weighted by molar-refractivity contribution is -0.384. The van der Waals surface area contributed by atoms with E-state index in [1.165, 1.54) is 30.5 Å². The first kappa shape index (κ1) is 17.0. The van der Waals surface area contributed by atoms with Gasteiger partial charge in [0.2, 0.25) is 5.91 Å². The summed E-state index contributed by atoms with van der Waals surface area (Å²) in [5, 5.41) is 21.8. The van der Waals surface area contributed by atoms with E-state index in [1.807, 2.05) is 0 Å². The Morgan fingerprint density at radius 2 is 1.88 bits per heavy atom. The fraction of sp³-hybridized carbons (Fsp3) is 0.0588. The number of amides is 1. The van der Waals surface area contributed by atoms with Gasteiger partial charge in [0.15, 0.2) is 0 Å². The monoisotopic (exact) mass is 351 g/mol. The molecular weight excluding hydrogens is 338 g/mol. The van der Waals surface area contributed by atoms with Gasteiger partial charge >= 0.3 is 0 Å². The molecular formula is C17H13N5O4. The predicted molar refractivity (Wildman–Crippen MR) is 94.9 cm³/mol. The van der Waals surface area contributed by atoms with E-state index in [2.05, 4.69) is 20.7 Å². The second kappa shape index (κ2) is 7.34. The smallest absolute Gasteiger partial charge is 0.272 e. The Morgan fingerprint density at radius 3 is 2.58 bits per heavy atom. The number of aromatic nitrogens is 2. The number of hydrogen-bond donors (Lipinski definition) is 2. The predicted octanol–water partition coefficient (Wildman–Crippen LogP) is 1.52. The molecule has 1 heterocycles.